The van der Waals surface area contributed by atoms with Gasteiger partial charge in [-0.25, -0.2) is 0 Å². The Balaban J connectivity index is 3.00. The van der Waals surface area contributed by atoms with Crippen LogP contribution < -0.4 is 5.32 Å². The van der Waals surface area contributed by atoms with Gasteiger partial charge in [0.15, 0.2) is 0 Å². The van der Waals surface area contributed by atoms with Crippen LogP contribution in [0.3, 0.4) is 0 Å². The van der Waals surface area contributed by atoms with Crippen LogP contribution >= 0.6 is 0 Å². The van der Waals surface area contributed by atoms with Crippen LogP contribution in [0.4, 0.5) is 0 Å². The van der Waals surface area contributed by atoms with Crippen LogP contribution in [0, 0.1) is 0 Å². The van der Waals surface area contributed by atoms with E-state index in [9.17, 15) is 4.46 Å². The zero-order valence-electron chi connectivity index (χ0n) is 4.27. The van der Waals surface area contributed by atoms with Crippen LogP contribution in [-0.2, 0) is 4.46 Å². The molecule has 7 heavy (non-hydrogen) atoms. The van der Waals surface area contributed by atoms with E-state index in [1.807, 2.05) is 0 Å². The van der Waals surface area contributed by atoms with Gasteiger partial charge in [0.05, 0.1) is 6.23 Å². The van der Waals surface area contributed by atoms with Crippen LogP contribution in [0.5, 0.6) is 0 Å². The highest BCUT2D eigenvalue weighted by molar-refractivity contribution is 6.42. The highest BCUT2D eigenvalue weighted by Crippen LogP contribution is 1.57. The molecule has 0 aromatic rings. The number of nitrogens with one attached hydrogen (secondary N) is 1. The lowest BCUT2D eigenvalue weighted by Gasteiger charge is -1.87. The van der Waals surface area contributed by atoms with Gasteiger partial charge < -0.3 is 14.9 Å². The van der Waals surface area contributed by atoms with Crippen LogP contribution in [0.15, 0.2) is 0 Å². The molecule has 0 aliphatic carbocycles. The van der Waals surface area contributed by atoms with Crippen LogP contribution in [-0.4, -0.2) is 33.2 Å². The van der Waals surface area contributed by atoms with Gasteiger partial charge in [-0.1, -0.05) is 0 Å². The monoisotopic (exact) mass is 119 g/mol. The summed E-state index contributed by atoms with van der Waals surface area (Å²) in [6, 6.07) is 0. The summed E-state index contributed by atoms with van der Waals surface area (Å²) in [6.45, 7) is 0. The second-order valence-corrected chi connectivity index (χ2v) is 2.97. The van der Waals surface area contributed by atoms with Crippen molar-refractivity contribution in [2.75, 3.05) is 19.4 Å². The van der Waals surface area contributed by atoms with E-state index < -0.39 is 8.68 Å². The molecule has 0 heterocycles. The maximum absolute atomic E-state index is 10.3. The molecular formula is C3H9NO2Si. The maximum Gasteiger partial charge on any atom is 0.317 e. The molecule has 0 rings (SSSR count). The van der Waals surface area contributed by atoms with Crippen molar-refractivity contribution >= 4 is 8.68 Å². The minimum Gasteiger partial charge on any atom is -0.393 e. The fourth-order valence-electron chi connectivity index (χ4n) is 0.253. The first kappa shape index (κ1) is 6.94. The van der Waals surface area contributed by atoms with Crippen molar-refractivity contribution in [2.24, 2.45) is 0 Å². The summed E-state index contributed by atoms with van der Waals surface area (Å²) in [5, 5.41) is 10.8. The predicted octanol–water partition coefficient (Wildman–Crippen LogP) is -1.30. The fourth-order valence-corrected chi connectivity index (χ4v) is 0.759. The zero-order chi connectivity index (χ0) is 5.70. The lowest BCUT2D eigenvalue weighted by atomic mass is 11.3. The molecule has 0 fully saturated rings. The van der Waals surface area contributed by atoms with E-state index in [4.69, 9.17) is 5.11 Å². The third-order valence-electron chi connectivity index (χ3n) is 0.550. The van der Waals surface area contributed by atoms with E-state index >= 15 is 0 Å². The summed E-state index contributed by atoms with van der Waals surface area (Å²) in [4.78, 5) is 0. The van der Waals surface area contributed by atoms with Gasteiger partial charge in [0.25, 0.3) is 0 Å². The standard InChI is InChI=1S/C3H9NO2Si/c1-4-2-7(6)3-5/h4-5H,2-3H2,1H3. The molecule has 0 aliphatic rings. The molecule has 0 saturated carbocycles. The molecule has 0 atom stereocenters. The Bertz CT molecular complexity index is 66.0. The van der Waals surface area contributed by atoms with E-state index in [2.05, 4.69) is 5.32 Å². The molecule has 4 heteroatoms. The molecule has 0 radical (unpaired) electrons. The Morgan fingerprint density at radius 3 is 2.57 bits per heavy atom. The fraction of sp³-hybridized carbons (Fsp3) is 1.00. The molecule has 2 N–H and O–H groups in total. The highest BCUT2D eigenvalue weighted by atomic mass is 28.3. The van der Waals surface area contributed by atoms with Gasteiger partial charge in [-0.2, -0.15) is 0 Å². The van der Waals surface area contributed by atoms with Gasteiger partial charge in [-0.05, 0) is 7.05 Å². The summed E-state index contributed by atoms with van der Waals surface area (Å²) in [5.74, 6) is 0. The SMILES string of the molecule is CNC[Si](=O)CO. The molecule has 0 unspecified atom stereocenters. The minimum atomic E-state index is -1.69. The molecule has 42 valence electrons. The summed E-state index contributed by atoms with van der Waals surface area (Å²) >= 11 is 0. The topological polar surface area (TPSA) is 49.3 Å². The molecule has 0 bridgehead atoms. The molecule has 0 saturated heterocycles. The predicted molar refractivity (Wildman–Crippen MR) is 27.5 cm³/mol. The Kier molecular flexibility index (Phi) is 4.07. The summed E-state index contributed by atoms with van der Waals surface area (Å²) in [7, 11) is 0.0211. The number of aliphatic hydroxyl groups is 1. The van der Waals surface area contributed by atoms with Crippen molar-refractivity contribution in [3.8, 4) is 0 Å². The first-order valence-electron chi connectivity index (χ1n) is 2.08. The summed E-state index contributed by atoms with van der Waals surface area (Å²) < 4.78 is 10.3. The van der Waals surface area contributed by atoms with Gasteiger partial charge in [-0.3, -0.25) is 0 Å². The van der Waals surface area contributed by atoms with Crippen molar-refractivity contribution < 1.29 is 9.57 Å². The largest absolute Gasteiger partial charge is 0.393 e. The van der Waals surface area contributed by atoms with E-state index in [1.165, 1.54) is 0 Å². The Labute approximate surface area is 44.0 Å². The molecule has 0 aromatic carbocycles. The first-order chi connectivity index (χ1) is 3.31. The molecule has 0 aromatic heterocycles. The van der Waals surface area contributed by atoms with Crippen molar-refractivity contribution in [3.63, 3.8) is 0 Å². The van der Waals surface area contributed by atoms with Gasteiger partial charge in [-0.15, -0.1) is 0 Å². The van der Waals surface area contributed by atoms with Crippen molar-refractivity contribution in [2.45, 2.75) is 0 Å². The van der Waals surface area contributed by atoms with Gasteiger partial charge in [0.2, 0.25) is 0 Å². The van der Waals surface area contributed by atoms with Crippen LogP contribution in [0.2, 0.25) is 0 Å². The van der Waals surface area contributed by atoms with Gasteiger partial charge in [0.1, 0.15) is 0 Å². The Morgan fingerprint density at radius 1 is 1.86 bits per heavy atom. The normalized spacial score (nSPS) is 8.86. The third kappa shape index (κ3) is 3.78. The lowest BCUT2D eigenvalue weighted by molar-refractivity contribution is 0.349. The number of aliphatic hydroxyl groups excluding tert-OH is 1. The lowest BCUT2D eigenvalue weighted by Crippen LogP contribution is -2.23. The Morgan fingerprint density at radius 2 is 2.43 bits per heavy atom. The molecular weight excluding hydrogens is 110 g/mol. The Hall–Kier alpha value is -0.0631. The van der Waals surface area contributed by atoms with Crippen molar-refractivity contribution in [1.29, 1.82) is 0 Å². The number of hydrogen-bond donors (Lipinski definition) is 2. The van der Waals surface area contributed by atoms with E-state index in [0.29, 0.717) is 6.17 Å². The van der Waals surface area contributed by atoms with Crippen molar-refractivity contribution in [3.05, 3.63) is 0 Å². The third-order valence-corrected chi connectivity index (χ3v) is 1.65. The average Bonchev–Trinajstić information content (AvgIpc) is 1.68. The van der Waals surface area contributed by atoms with E-state index in [1.54, 1.807) is 7.05 Å². The minimum absolute atomic E-state index is 0.175. The van der Waals surface area contributed by atoms with Crippen LogP contribution in [0.1, 0.15) is 0 Å². The second-order valence-electron chi connectivity index (χ2n) is 1.23. The average molecular weight is 119 g/mol. The highest BCUT2D eigenvalue weighted by Gasteiger charge is 1.96. The summed E-state index contributed by atoms with van der Waals surface area (Å²) in [5.41, 5.74) is 0. The van der Waals surface area contributed by atoms with Crippen molar-refractivity contribution in [1.82, 2.24) is 5.32 Å². The second kappa shape index (κ2) is 4.11. The smallest absolute Gasteiger partial charge is 0.317 e. The first-order valence-corrected chi connectivity index (χ1v) is 3.90. The summed E-state index contributed by atoms with van der Waals surface area (Å²) in [6.07, 6.45) is 0.271. The molecule has 3 nitrogen and oxygen atoms in total. The van der Waals surface area contributed by atoms with Crippen LogP contribution in [0.25, 0.3) is 0 Å². The van der Waals surface area contributed by atoms with Gasteiger partial charge in [0, 0.05) is 6.17 Å². The molecule has 0 spiro atoms. The number of rotatable bonds is 3. The zero-order valence-corrected chi connectivity index (χ0v) is 5.27. The number of hydrogen-bond acceptors (Lipinski definition) is 3. The quantitative estimate of drug-likeness (QED) is 0.454. The molecule has 0 aliphatic heterocycles. The maximum atomic E-state index is 10.3. The molecule has 0 amide bonds. The van der Waals surface area contributed by atoms with E-state index in [-0.39, 0.29) is 6.23 Å². The van der Waals surface area contributed by atoms with E-state index in [0.717, 1.165) is 0 Å². The van der Waals surface area contributed by atoms with Gasteiger partial charge >= 0.3 is 8.68 Å².